The van der Waals surface area contributed by atoms with Crippen LogP contribution in [-0.2, 0) is 0 Å². The normalized spacial score (nSPS) is 12.0. The average molecular weight is 289 g/mol. The van der Waals surface area contributed by atoms with E-state index in [1.165, 1.54) is 6.07 Å². The summed E-state index contributed by atoms with van der Waals surface area (Å²) >= 11 is 0. The maximum Gasteiger partial charge on any atom is 0.239 e. The van der Waals surface area contributed by atoms with Crippen LogP contribution in [0.5, 0.6) is 5.88 Å². The Morgan fingerprint density at radius 2 is 2.05 bits per heavy atom. The van der Waals surface area contributed by atoms with Crippen LogP contribution in [0.25, 0.3) is 0 Å². The zero-order chi connectivity index (χ0) is 15.2. The van der Waals surface area contributed by atoms with Crippen molar-refractivity contribution in [3.8, 4) is 5.88 Å². The van der Waals surface area contributed by atoms with Crippen LogP contribution < -0.4 is 15.8 Å². The topological polar surface area (TPSA) is 60.2 Å². The molecular weight excluding hydrogens is 269 g/mol. The second-order valence-corrected chi connectivity index (χ2v) is 4.83. The number of rotatable bonds is 6. The Bertz CT molecular complexity index is 604. The van der Waals surface area contributed by atoms with Crippen LogP contribution in [0.2, 0.25) is 0 Å². The maximum atomic E-state index is 13.7. The maximum absolute atomic E-state index is 13.7. The summed E-state index contributed by atoms with van der Waals surface area (Å²) in [6, 6.07) is 9.95. The highest BCUT2D eigenvalue weighted by atomic mass is 19.1. The molecular formula is C16H20FN3O. The molecule has 0 aliphatic carbocycles. The molecule has 0 amide bonds. The lowest BCUT2D eigenvalue weighted by molar-refractivity contribution is 0.307. The number of benzene rings is 1. The van der Waals surface area contributed by atoms with E-state index in [1.807, 2.05) is 19.9 Å². The van der Waals surface area contributed by atoms with Crippen molar-refractivity contribution in [2.45, 2.75) is 26.3 Å². The van der Waals surface area contributed by atoms with Gasteiger partial charge in [-0.15, -0.1) is 0 Å². The molecule has 2 aromatic rings. The van der Waals surface area contributed by atoms with Crippen LogP contribution in [-0.4, -0.2) is 11.6 Å². The largest absolute Gasteiger partial charge is 0.476 e. The third-order valence-corrected chi connectivity index (χ3v) is 3.07. The van der Waals surface area contributed by atoms with Crippen LogP contribution in [0.1, 0.15) is 31.9 Å². The smallest absolute Gasteiger partial charge is 0.239 e. The van der Waals surface area contributed by atoms with Crippen LogP contribution in [0.3, 0.4) is 0 Å². The summed E-state index contributed by atoms with van der Waals surface area (Å²) in [6.07, 6.45) is 0.879. The van der Waals surface area contributed by atoms with Crippen LogP contribution in [0.15, 0.2) is 36.4 Å². The van der Waals surface area contributed by atoms with Gasteiger partial charge in [-0.05, 0) is 31.5 Å². The Morgan fingerprint density at radius 3 is 2.76 bits per heavy atom. The molecule has 4 nitrogen and oxygen atoms in total. The van der Waals surface area contributed by atoms with Crippen molar-refractivity contribution < 1.29 is 9.13 Å². The molecule has 3 N–H and O–H groups in total. The van der Waals surface area contributed by atoms with Gasteiger partial charge in [-0.1, -0.05) is 25.1 Å². The number of nitrogens with zero attached hydrogens (tertiary/aromatic N) is 1. The predicted octanol–water partition coefficient (Wildman–Crippen LogP) is 3.76. The van der Waals surface area contributed by atoms with Crippen molar-refractivity contribution in [1.82, 2.24) is 4.98 Å². The van der Waals surface area contributed by atoms with Crippen LogP contribution in [0, 0.1) is 5.82 Å². The third kappa shape index (κ3) is 3.84. The summed E-state index contributed by atoms with van der Waals surface area (Å²) in [5.41, 5.74) is 6.90. The molecule has 0 bridgehead atoms. The summed E-state index contributed by atoms with van der Waals surface area (Å²) in [4.78, 5) is 4.32. The van der Waals surface area contributed by atoms with Gasteiger partial charge in [-0.3, -0.25) is 0 Å². The predicted molar refractivity (Wildman–Crippen MR) is 82.9 cm³/mol. The van der Waals surface area contributed by atoms with E-state index in [0.29, 0.717) is 29.6 Å². The van der Waals surface area contributed by atoms with Gasteiger partial charge < -0.3 is 15.8 Å². The van der Waals surface area contributed by atoms with Gasteiger partial charge in [0, 0.05) is 5.56 Å². The van der Waals surface area contributed by atoms with Crippen molar-refractivity contribution >= 4 is 11.5 Å². The summed E-state index contributed by atoms with van der Waals surface area (Å²) in [5.74, 6) is 0.768. The molecule has 0 radical (unpaired) electrons. The van der Waals surface area contributed by atoms with Gasteiger partial charge in [0.05, 0.1) is 18.3 Å². The zero-order valence-electron chi connectivity index (χ0n) is 12.3. The second-order valence-electron chi connectivity index (χ2n) is 4.83. The molecule has 1 unspecified atom stereocenters. The Hall–Kier alpha value is -2.30. The minimum Gasteiger partial charge on any atom is -0.476 e. The minimum absolute atomic E-state index is 0.207. The van der Waals surface area contributed by atoms with E-state index in [0.717, 1.165) is 6.42 Å². The number of pyridine rings is 1. The molecule has 2 rings (SSSR count). The van der Waals surface area contributed by atoms with Gasteiger partial charge in [0.15, 0.2) is 0 Å². The van der Waals surface area contributed by atoms with Gasteiger partial charge in [-0.25, -0.2) is 4.39 Å². The summed E-state index contributed by atoms with van der Waals surface area (Å²) < 4.78 is 19.2. The second kappa shape index (κ2) is 6.92. The van der Waals surface area contributed by atoms with Crippen molar-refractivity contribution in [2.75, 3.05) is 17.7 Å². The van der Waals surface area contributed by atoms with Crippen LogP contribution in [0.4, 0.5) is 15.9 Å². The molecule has 1 aromatic heterocycles. The van der Waals surface area contributed by atoms with Crippen molar-refractivity contribution in [3.05, 3.63) is 47.8 Å². The molecule has 0 aliphatic heterocycles. The van der Waals surface area contributed by atoms with Crippen LogP contribution >= 0.6 is 0 Å². The van der Waals surface area contributed by atoms with Gasteiger partial charge >= 0.3 is 0 Å². The minimum atomic E-state index is -0.240. The molecule has 0 aliphatic rings. The number of aromatic nitrogens is 1. The first-order valence-corrected chi connectivity index (χ1v) is 7.02. The standard InChI is InChI=1S/C16H20FN3O/c1-3-10-21-16-14(18)8-9-15(20-16)19-11(2)12-6-4-5-7-13(12)17/h4-9,11H,3,10,18H2,1-2H3,(H,19,20). The molecule has 0 saturated carbocycles. The Morgan fingerprint density at radius 1 is 1.29 bits per heavy atom. The Kier molecular flexibility index (Phi) is 4.98. The van der Waals surface area contributed by atoms with E-state index in [4.69, 9.17) is 10.5 Å². The number of hydrogen-bond donors (Lipinski definition) is 2. The molecule has 5 heteroatoms. The lowest BCUT2D eigenvalue weighted by atomic mass is 10.1. The van der Waals surface area contributed by atoms with E-state index in [-0.39, 0.29) is 11.9 Å². The molecule has 0 saturated heterocycles. The third-order valence-electron chi connectivity index (χ3n) is 3.07. The number of halogens is 1. The SMILES string of the molecule is CCCOc1nc(NC(C)c2ccccc2F)ccc1N. The van der Waals surface area contributed by atoms with E-state index >= 15 is 0 Å². The number of nitrogens with one attached hydrogen (secondary N) is 1. The van der Waals surface area contributed by atoms with Crippen molar-refractivity contribution in [3.63, 3.8) is 0 Å². The first-order chi connectivity index (χ1) is 10.1. The average Bonchev–Trinajstić information content (AvgIpc) is 2.48. The quantitative estimate of drug-likeness (QED) is 0.850. The van der Waals surface area contributed by atoms with E-state index in [1.54, 1.807) is 24.3 Å². The fourth-order valence-corrected chi connectivity index (χ4v) is 1.97. The Balaban J connectivity index is 2.14. The molecule has 112 valence electrons. The highest BCUT2D eigenvalue weighted by molar-refractivity contribution is 5.54. The number of hydrogen-bond acceptors (Lipinski definition) is 4. The van der Waals surface area contributed by atoms with Gasteiger partial charge in [0.25, 0.3) is 0 Å². The number of anilines is 2. The number of nitrogen functional groups attached to an aromatic ring is 1. The van der Waals surface area contributed by atoms with E-state index < -0.39 is 0 Å². The molecule has 0 fully saturated rings. The lowest BCUT2D eigenvalue weighted by Gasteiger charge is -2.16. The lowest BCUT2D eigenvalue weighted by Crippen LogP contribution is -2.11. The van der Waals surface area contributed by atoms with Crippen molar-refractivity contribution in [1.29, 1.82) is 0 Å². The van der Waals surface area contributed by atoms with E-state index in [2.05, 4.69) is 10.3 Å². The number of ether oxygens (including phenoxy) is 1. The molecule has 1 atom stereocenters. The summed E-state index contributed by atoms with van der Waals surface area (Å²) in [5, 5.41) is 3.16. The molecule has 21 heavy (non-hydrogen) atoms. The Labute approximate surface area is 124 Å². The highest BCUT2D eigenvalue weighted by Gasteiger charge is 2.12. The molecule has 1 heterocycles. The van der Waals surface area contributed by atoms with Gasteiger partial charge in [0.1, 0.15) is 11.6 Å². The highest BCUT2D eigenvalue weighted by Crippen LogP contribution is 2.25. The summed E-state index contributed by atoms with van der Waals surface area (Å²) in [6.45, 7) is 4.45. The summed E-state index contributed by atoms with van der Waals surface area (Å²) in [7, 11) is 0. The molecule has 1 aromatic carbocycles. The monoisotopic (exact) mass is 289 g/mol. The molecule has 0 spiro atoms. The zero-order valence-corrected chi connectivity index (χ0v) is 12.3. The number of nitrogens with two attached hydrogens (primary N) is 1. The first kappa shape index (κ1) is 15.1. The van der Waals surface area contributed by atoms with Gasteiger partial charge in [0.2, 0.25) is 5.88 Å². The van der Waals surface area contributed by atoms with E-state index in [9.17, 15) is 4.39 Å². The first-order valence-electron chi connectivity index (χ1n) is 7.02. The fraction of sp³-hybridized carbons (Fsp3) is 0.312. The van der Waals surface area contributed by atoms with Crippen molar-refractivity contribution in [2.24, 2.45) is 0 Å². The fourth-order valence-electron chi connectivity index (χ4n) is 1.97. The van der Waals surface area contributed by atoms with Gasteiger partial charge in [-0.2, -0.15) is 4.98 Å².